The maximum absolute atomic E-state index is 12.8. The van der Waals surface area contributed by atoms with Crippen LogP contribution in [0.5, 0.6) is 63.2 Å². The minimum atomic E-state index is -0.246. The number of carbonyl (C=O) groups is 5. The van der Waals surface area contributed by atoms with Gasteiger partial charge < -0.3 is 116 Å². The zero-order chi connectivity index (χ0) is 107. The van der Waals surface area contributed by atoms with E-state index in [-0.39, 0.29) is 80.1 Å². The number of phenols is 2. The summed E-state index contributed by atoms with van der Waals surface area (Å²) in [6.45, 7) is -1.47. The summed E-state index contributed by atoms with van der Waals surface area (Å²) in [5.41, 5.74) is 19.0. The first kappa shape index (κ1) is 111. The summed E-state index contributed by atoms with van der Waals surface area (Å²) in [4.78, 5) is 84.3. The Balaban J connectivity index is 0.000000177. The van der Waals surface area contributed by atoms with Crippen molar-refractivity contribution < 1.29 is 107 Å². The van der Waals surface area contributed by atoms with Crippen molar-refractivity contribution in [2.24, 2.45) is 0 Å². The van der Waals surface area contributed by atoms with Gasteiger partial charge >= 0.3 is 0 Å². The molecular formula is C115H110ClN11O22. The van der Waals surface area contributed by atoms with Crippen molar-refractivity contribution in [1.29, 1.82) is 0 Å². The summed E-state index contributed by atoms with van der Waals surface area (Å²) in [7, 11) is 13.6. The Morgan fingerprint density at radius 1 is 0.282 bits per heavy atom. The summed E-state index contributed by atoms with van der Waals surface area (Å²) < 4.78 is 47.4. The number of hydrogen-bond acceptors (Lipinski definition) is 33. The lowest BCUT2D eigenvalue weighted by atomic mass is 10.1. The SMILES string of the molecule is COc1cc(C(=O)/C=C/c2cccnc2Nc2ccc(O)cc2)cc(OC)c1OC.COc1cc(Nc2ncccc2/C=C/C(=O)c2ccc(Cl)cc2)cc(CO)c1CO.COc1cc(Nc2ncccc2/C=C/C(=O)c2ccc(N)cc2)cc(CO)c1CO.COc1ccc(C(=O)/C=C/c2cccnc2Nc2cc(CO)c(CO)c(OC)c2)cc1.COc1ccc(C(=O)/C=C/c2cccnc2Nc2ccc(O)cc2)cc1OC. The number of aliphatic hydroxyl groups excluding tert-OH is 6. The molecule has 15 N–H and O–H groups in total. The maximum atomic E-state index is 12.8. The normalized spacial score (nSPS) is 10.8. The van der Waals surface area contributed by atoms with Crippen molar-refractivity contribution in [3.05, 3.63) is 404 Å². The highest BCUT2D eigenvalue weighted by Gasteiger charge is 2.21. The van der Waals surface area contributed by atoms with Gasteiger partial charge in [-0.05, 0) is 308 Å². The van der Waals surface area contributed by atoms with Crippen molar-refractivity contribution in [2.75, 3.05) is 96.3 Å². The first-order valence-electron chi connectivity index (χ1n) is 45.7. The van der Waals surface area contributed by atoms with E-state index in [0.717, 1.165) is 22.5 Å². The molecule has 0 fully saturated rings. The van der Waals surface area contributed by atoms with Crippen LogP contribution in [0.3, 0.4) is 0 Å². The van der Waals surface area contributed by atoms with Crippen LogP contribution in [0, 0.1) is 0 Å². The fourth-order valence-electron chi connectivity index (χ4n) is 14.4. The summed E-state index contributed by atoms with van der Waals surface area (Å²) in [6.07, 6.45) is 24.0. The highest BCUT2D eigenvalue weighted by molar-refractivity contribution is 6.30. The van der Waals surface area contributed by atoms with Gasteiger partial charge in [0.2, 0.25) is 5.75 Å². The van der Waals surface area contributed by atoms with Crippen molar-refractivity contribution >= 4 is 134 Å². The quantitative estimate of drug-likeness (QED) is 0.00734. The van der Waals surface area contributed by atoms with Crippen LogP contribution in [0.25, 0.3) is 30.4 Å². The molecule has 34 heteroatoms. The second-order valence-corrected chi connectivity index (χ2v) is 32.1. The van der Waals surface area contributed by atoms with Gasteiger partial charge in [-0.15, -0.1) is 0 Å². The number of phenolic OH excluding ortho intramolecular Hbond substituents is 2. The molecule has 0 radical (unpaired) electrons. The zero-order valence-corrected chi connectivity index (χ0v) is 83.3. The lowest BCUT2D eigenvalue weighted by Gasteiger charge is -2.15. The number of halogens is 1. The lowest BCUT2D eigenvalue weighted by molar-refractivity contribution is 0.103. The highest BCUT2D eigenvalue weighted by Crippen LogP contribution is 2.41. The number of nitrogens with two attached hydrogens (primary N) is 1. The lowest BCUT2D eigenvalue weighted by Crippen LogP contribution is -2.03. The third-order valence-corrected chi connectivity index (χ3v) is 22.4. The Morgan fingerprint density at radius 3 is 0.846 bits per heavy atom. The molecule has 15 rings (SSSR count). The summed E-state index contributed by atoms with van der Waals surface area (Å²) in [5.74, 6) is 6.65. The van der Waals surface area contributed by atoms with Gasteiger partial charge in [0, 0.05) is 161 Å². The average molecular weight is 2030 g/mol. The van der Waals surface area contributed by atoms with Crippen LogP contribution in [-0.4, -0.2) is 159 Å². The van der Waals surface area contributed by atoms with Crippen LogP contribution in [0.1, 0.15) is 113 Å². The molecule has 0 aliphatic rings. The highest BCUT2D eigenvalue weighted by atomic mass is 35.5. The number of ether oxygens (including phenoxy) is 9. The van der Waals surface area contributed by atoms with Crippen LogP contribution in [-0.2, 0) is 39.6 Å². The van der Waals surface area contributed by atoms with Gasteiger partial charge in [0.15, 0.2) is 51.9 Å². The molecule has 10 aromatic carbocycles. The van der Waals surface area contributed by atoms with Crippen molar-refractivity contribution in [2.45, 2.75) is 39.6 Å². The molecule has 0 aliphatic carbocycles. The fraction of sp³-hybridized carbons (Fsp3) is 0.130. The van der Waals surface area contributed by atoms with Crippen LogP contribution in [0.15, 0.2) is 310 Å². The largest absolute Gasteiger partial charge is 0.508 e. The van der Waals surface area contributed by atoms with E-state index < -0.39 is 0 Å². The molecule has 5 heterocycles. The van der Waals surface area contributed by atoms with Gasteiger partial charge in [0.25, 0.3) is 0 Å². The standard InChI is InChI=1S/C24H24N2O5.C23H21ClN2O4.C23H23N3O4.C23H22N2O5.C22H20N2O4/c1-30-20-8-5-16(6-9-20)22(29)10-7-17-4-3-11-25-24(17)26-19-12-18(14-27)21(15-28)23(13-19)31-2;2*1-30-22-12-19(11-17(13-27)20(22)14-28)26-23-16(3-2-10-25-23)6-9-21(29)15-4-7-18(24)8-5-15;1-28-20-13-16(14-21(29-2)22(20)30-3)19(27)11-6-15-5-4-12-24-23(15)25-17-7-9-18(26)10-8-17;1-27-20-12-6-16(14-21(20)28-2)19(26)11-5-15-4-3-13-23-22(15)24-17-7-9-18(25)10-8-17/h3-13,27-28H,14-15H2,1-2H3,(H,25,26);2-12,27-28H,13-14H2,1H3,(H,25,26);2-12,27-28H,13-14,24H2,1H3,(H,25,26);4-14,26H,1-3H3,(H,24,25);3-14,25H,1-2H3,(H,23,24)/b10-7+;2*9-6+;11-6+;11-5+. The number of nitrogens with zero attached hydrogens (tertiary/aromatic N) is 5. The maximum Gasteiger partial charge on any atom is 0.203 e. The second-order valence-electron chi connectivity index (χ2n) is 31.7. The molecular weight excluding hydrogens is 1920 g/mol. The molecule has 0 bridgehead atoms. The molecule has 0 saturated carbocycles. The van der Waals surface area contributed by atoms with Crippen LogP contribution >= 0.6 is 11.6 Å². The second kappa shape index (κ2) is 56.6. The smallest absolute Gasteiger partial charge is 0.203 e. The average Bonchev–Trinajstić information content (AvgIpc) is 0.824. The Morgan fingerprint density at radius 2 is 0.557 bits per heavy atom. The molecule has 149 heavy (non-hydrogen) atoms. The number of ketones is 5. The van der Waals surface area contributed by atoms with Gasteiger partial charge in [-0.25, -0.2) is 24.9 Å². The molecule has 0 unspecified atom stereocenters. The van der Waals surface area contributed by atoms with Crippen LogP contribution in [0.2, 0.25) is 5.02 Å². The minimum absolute atomic E-state index is 0.144. The number of hydrogen-bond donors (Lipinski definition) is 14. The van der Waals surface area contributed by atoms with Crippen LogP contribution in [0.4, 0.5) is 63.2 Å². The first-order chi connectivity index (χ1) is 72.3. The van der Waals surface area contributed by atoms with Gasteiger partial charge in [-0.3, -0.25) is 24.0 Å². The van der Waals surface area contributed by atoms with E-state index in [1.807, 2.05) is 30.3 Å². The number of aromatic hydroxyl groups is 2. The number of nitrogens with one attached hydrogen (secondary N) is 5. The third kappa shape index (κ3) is 31.6. The van der Waals surface area contributed by atoms with Gasteiger partial charge in [-0.2, -0.15) is 0 Å². The number of anilines is 11. The number of benzene rings is 10. The number of aromatic nitrogens is 5. The molecule has 764 valence electrons. The number of aliphatic hydroxyl groups is 6. The van der Waals surface area contributed by atoms with E-state index in [1.54, 1.807) is 294 Å². The number of allylic oxidation sites excluding steroid dienone is 5. The number of methoxy groups -OCH3 is 9. The van der Waals surface area contributed by atoms with E-state index in [9.17, 15) is 64.8 Å². The molecule has 5 aromatic heterocycles. The van der Waals surface area contributed by atoms with Crippen molar-refractivity contribution in [3.8, 4) is 63.2 Å². The molecule has 0 aliphatic heterocycles. The predicted octanol–water partition coefficient (Wildman–Crippen LogP) is 20.3. The zero-order valence-electron chi connectivity index (χ0n) is 82.6. The number of carbonyl (C=O) groups excluding carboxylic acids is 5. The monoisotopic (exact) mass is 2030 g/mol. The van der Waals surface area contributed by atoms with E-state index in [4.69, 9.17) is 60.0 Å². The molecule has 0 atom stereocenters. The van der Waals surface area contributed by atoms with E-state index in [0.29, 0.717) is 186 Å². The Labute approximate surface area is 864 Å². The van der Waals surface area contributed by atoms with Gasteiger partial charge in [0.05, 0.1) is 104 Å². The Kier molecular flexibility index (Phi) is 42.2. The van der Waals surface area contributed by atoms with Gasteiger partial charge in [0.1, 0.15) is 63.6 Å². The molecule has 0 spiro atoms. The summed E-state index contributed by atoms with van der Waals surface area (Å²) >= 11 is 5.86. The van der Waals surface area contributed by atoms with E-state index in [1.165, 1.54) is 80.1 Å². The fourth-order valence-corrected chi connectivity index (χ4v) is 14.6. The van der Waals surface area contributed by atoms with Crippen LogP contribution < -0.4 is 74.9 Å². The predicted molar refractivity (Wildman–Crippen MR) is 576 cm³/mol. The number of rotatable bonds is 40. The molecule has 0 saturated heterocycles. The Hall–Kier alpha value is -18.4. The van der Waals surface area contributed by atoms with Crippen molar-refractivity contribution in [1.82, 2.24) is 24.9 Å². The first-order valence-corrected chi connectivity index (χ1v) is 46.1. The van der Waals surface area contributed by atoms with Crippen molar-refractivity contribution in [3.63, 3.8) is 0 Å². The summed E-state index contributed by atoms with van der Waals surface area (Å²) in [6, 6.07) is 70.2. The molecule has 15 aromatic rings. The Bertz CT molecular complexity index is 6980. The topological polar surface area (TPSA) is 481 Å². The number of nitrogen functional groups attached to an aromatic ring is 1. The summed E-state index contributed by atoms with van der Waals surface area (Å²) in [5, 5.41) is 92.8. The molecule has 33 nitrogen and oxygen atoms in total. The minimum Gasteiger partial charge on any atom is -0.508 e. The van der Waals surface area contributed by atoms with E-state index in [2.05, 4.69) is 51.5 Å². The number of pyridine rings is 5. The third-order valence-electron chi connectivity index (χ3n) is 22.2. The molecule has 0 amide bonds. The van der Waals surface area contributed by atoms with Gasteiger partial charge in [-0.1, -0.05) is 11.6 Å². The van der Waals surface area contributed by atoms with E-state index >= 15 is 0 Å².